The number of rotatable bonds is 44. The van der Waals surface area contributed by atoms with E-state index in [1.165, 1.54) is 73.6 Å². The summed E-state index contributed by atoms with van der Waals surface area (Å²) in [6.45, 7) is 34.9. The van der Waals surface area contributed by atoms with Gasteiger partial charge in [-0.2, -0.15) is 0 Å². The third-order valence-electron chi connectivity index (χ3n) is 20.9. The van der Waals surface area contributed by atoms with Gasteiger partial charge in [0.2, 0.25) is 59.1 Å². The number of esters is 1. The van der Waals surface area contributed by atoms with E-state index in [1.807, 2.05) is 109 Å². The first-order valence-corrected chi connectivity index (χ1v) is 40.4. The van der Waals surface area contributed by atoms with Gasteiger partial charge in [0.05, 0.1) is 6.04 Å². The standard InChI is InChI=1S/C81H135N11O15Si/c1-28-30-38-54(14)69(107-58(18)93)68(73(97)85-61(29-2)80(104)105)92(27)79(103)66(52(11)12)90(25)77(101)64(47-50(7)8)89(24)76(100)63(46-49(5)6)88(23)75(99)57(17)84-70(94)55(15)83-71(95)62(45-48(3)4)87(22)78(102)65(51(9)10)86-72(96)67(91(26)74(98)56(16)82-21)53(13)39-37-44-81(19,20)108(106,59-40-33-31-34-41-59)60-42-35-32-36-43-60/h28,30-36,40-43,48-57,61-69,82,106H,29,37-39,44-47H2,1-27H3,(H,83,95)(H,84,94)(H,85,97)(H,86,96)(H,104,105)/b30-28+/t53-,54-,55+,56+,57-,61+,62+,63+,64+,65+,66+,67-,68+,69-/m1/s1. The molecule has 0 fully saturated rings. The molecule has 14 atom stereocenters. The summed E-state index contributed by atoms with van der Waals surface area (Å²) < 4.78 is 5.78. The Balaban J connectivity index is 2.50. The molecule has 0 bridgehead atoms. The number of aliphatic carboxylic acids is 1. The minimum atomic E-state index is -3.38. The van der Waals surface area contributed by atoms with Gasteiger partial charge in [0.25, 0.3) is 8.32 Å². The molecule has 2 aromatic carbocycles. The number of carboxylic acids is 1. The van der Waals surface area contributed by atoms with Gasteiger partial charge >= 0.3 is 11.9 Å². The van der Waals surface area contributed by atoms with E-state index in [9.17, 15) is 53.1 Å². The molecule has 108 heavy (non-hydrogen) atoms. The summed E-state index contributed by atoms with van der Waals surface area (Å²) in [6, 6.07) is 6.24. The summed E-state index contributed by atoms with van der Waals surface area (Å²) in [5, 5.41) is 25.0. The van der Waals surface area contributed by atoms with Gasteiger partial charge in [-0.05, 0) is 137 Å². The Hall–Kier alpha value is -8.04. The van der Waals surface area contributed by atoms with Crippen LogP contribution >= 0.6 is 0 Å². The largest absolute Gasteiger partial charge is 0.480 e. The van der Waals surface area contributed by atoms with E-state index >= 15 is 14.4 Å². The first-order valence-electron chi connectivity index (χ1n) is 38.5. The van der Waals surface area contributed by atoms with E-state index in [-0.39, 0.29) is 49.3 Å². The number of nitrogens with zero attached hydrogens (tertiary/aromatic N) is 6. The lowest BCUT2D eigenvalue weighted by Crippen LogP contribution is -2.65. The lowest BCUT2D eigenvalue weighted by molar-refractivity contribution is -0.164. The average Bonchev–Trinajstić information content (AvgIpc) is 0.753. The molecular weight excluding hydrogens is 1400 g/mol. The third kappa shape index (κ3) is 26.1. The van der Waals surface area contributed by atoms with Crippen molar-refractivity contribution in [3.05, 3.63) is 72.8 Å². The third-order valence-corrected chi connectivity index (χ3v) is 25.5. The maximum atomic E-state index is 15.2. The SMILES string of the molecule is C/C=C/C[C@@H](C)[C@@H](OC(C)=O)[C@@H](C(=O)N[C@@H](CC)C(=O)O)N(C)C(=O)[C@H](C(C)C)N(C)C(=O)[C@H](CC(C)C)N(C)C(=O)[C@H](CC(C)C)N(C)C(=O)[C@@H](C)NC(=O)[C@H](C)NC(=O)[C@H](CC(C)C)N(C)C(=O)[C@@H](NC(=O)[C@@H]([C@H](C)CCCC(C)(C)[Si](O)(c1ccccc1)c1ccccc1)N(C)C(=O)[C@H](C)NC)C(C)C. The summed E-state index contributed by atoms with van der Waals surface area (Å²) in [4.78, 5) is 192. The van der Waals surface area contributed by atoms with Crippen LogP contribution in [-0.2, 0) is 62.3 Å². The highest BCUT2D eigenvalue weighted by molar-refractivity contribution is 6.98. The van der Waals surface area contributed by atoms with Crippen LogP contribution < -0.4 is 37.0 Å². The number of carbonyl (C=O) groups is 12. The van der Waals surface area contributed by atoms with Crippen molar-refractivity contribution in [2.24, 2.45) is 41.4 Å². The number of hydrogen-bond donors (Lipinski definition) is 7. The van der Waals surface area contributed by atoms with E-state index in [0.29, 0.717) is 25.7 Å². The molecule has 0 unspecified atom stereocenters. The Morgan fingerprint density at radius 1 is 0.500 bits per heavy atom. The van der Waals surface area contributed by atoms with Crippen molar-refractivity contribution in [2.45, 2.75) is 267 Å². The van der Waals surface area contributed by atoms with Crippen LogP contribution in [0.3, 0.4) is 0 Å². The normalized spacial score (nSPS) is 15.9. The Morgan fingerprint density at radius 2 is 0.926 bits per heavy atom. The van der Waals surface area contributed by atoms with Gasteiger partial charge in [-0.25, -0.2) is 4.79 Å². The van der Waals surface area contributed by atoms with Gasteiger partial charge in [0.15, 0.2) is 0 Å². The minimum absolute atomic E-state index is 0.00285. The molecule has 0 aromatic heterocycles. The van der Waals surface area contributed by atoms with Crippen LogP contribution in [0.5, 0.6) is 0 Å². The second kappa shape index (κ2) is 44.0. The van der Waals surface area contributed by atoms with Gasteiger partial charge < -0.3 is 70.6 Å². The fourth-order valence-corrected chi connectivity index (χ4v) is 18.0. The molecule has 0 aliphatic heterocycles. The summed E-state index contributed by atoms with van der Waals surface area (Å²) in [5.41, 5.74) is 0. The first-order chi connectivity index (χ1) is 50.1. The van der Waals surface area contributed by atoms with Crippen molar-refractivity contribution in [3.63, 3.8) is 0 Å². The maximum Gasteiger partial charge on any atom is 0.326 e. The van der Waals surface area contributed by atoms with Crippen LogP contribution in [0.4, 0.5) is 0 Å². The quantitative estimate of drug-likeness (QED) is 0.0216. The van der Waals surface area contributed by atoms with Crippen LogP contribution in [-0.4, -0.2) is 241 Å². The molecule has 2 rings (SSSR count). The monoisotopic (exact) mass is 1530 g/mol. The summed E-state index contributed by atoms with van der Waals surface area (Å²) in [5.74, 6) is -11.3. The van der Waals surface area contributed by atoms with Crippen LogP contribution in [0.1, 0.15) is 190 Å². The van der Waals surface area contributed by atoms with Crippen molar-refractivity contribution < 1.29 is 72.2 Å². The summed E-state index contributed by atoms with van der Waals surface area (Å²) in [7, 11) is 6.91. The predicted octanol–water partition coefficient (Wildman–Crippen LogP) is 6.35. The number of amides is 10. The molecule has 2 aromatic rings. The van der Waals surface area contributed by atoms with E-state index in [4.69, 9.17) is 4.74 Å². The molecule has 0 aliphatic rings. The highest BCUT2D eigenvalue weighted by Gasteiger charge is 2.51. The number of hydrogen-bond acceptors (Lipinski definition) is 15. The Labute approximate surface area is 645 Å². The maximum absolute atomic E-state index is 15.2. The summed E-state index contributed by atoms with van der Waals surface area (Å²) >= 11 is 0. The first kappa shape index (κ1) is 96.0. The number of ether oxygens (including phenoxy) is 1. The zero-order valence-corrected chi connectivity index (χ0v) is 70.9. The number of nitrogens with one attached hydrogen (secondary N) is 5. The van der Waals surface area contributed by atoms with Gasteiger partial charge in [0, 0.05) is 49.2 Å². The van der Waals surface area contributed by atoms with Crippen LogP contribution in [0.2, 0.25) is 5.04 Å². The Morgan fingerprint density at radius 3 is 1.36 bits per heavy atom. The van der Waals surface area contributed by atoms with Crippen LogP contribution in [0.15, 0.2) is 72.8 Å². The van der Waals surface area contributed by atoms with E-state index < -0.39 is 175 Å². The molecule has 0 spiro atoms. The molecule has 0 radical (unpaired) electrons. The molecule has 0 aliphatic carbocycles. The van der Waals surface area contributed by atoms with Gasteiger partial charge in [-0.1, -0.05) is 183 Å². The fraction of sp³-hybridized carbons (Fsp3) is 0.679. The Bertz CT molecular complexity index is 3300. The highest BCUT2D eigenvalue weighted by atomic mass is 28.4. The molecule has 0 heterocycles. The molecule has 7 N–H and O–H groups in total. The number of likely N-dealkylation sites (N-methyl/N-ethyl adjacent to an activating group) is 7. The van der Waals surface area contributed by atoms with Crippen molar-refractivity contribution in [1.29, 1.82) is 0 Å². The van der Waals surface area contributed by atoms with Crippen LogP contribution in [0, 0.1) is 41.4 Å². The Kier molecular flexibility index (Phi) is 39.1. The van der Waals surface area contributed by atoms with Crippen molar-refractivity contribution in [2.75, 3.05) is 49.3 Å². The smallest absolute Gasteiger partial charge is 0.326 e. The average molecular weight is 1530 g/mol. The van der Waals surface area contributed by atoms with Crippen molar-refractivity contribution in [1.82, 2.24) is 56.0 Å². The number of carboxylic acid groups (broad SMARTS) is 1. The lowest BCUT2D eigenvalue weighted by Gasteiger charge is -2.42. The summed E-state index contributed by atoms with van der Waals surface area (Å²) in [6.07, 6.45) is 4.64. The molecule has 608 valence electrons. The topological polar surface area (TPSA) is 334 Å². The zero-order chi connectivity index (χ0) is 82.9. The van der Waals surface area contributed by atoms with Crippen molar-refractivity contribution >= 4 is 89.7 Å². The molecule has 26 nitrogen and oxygen atoms in total. The molecule has 10 amide bonds. The van der Waals surface area contributed by atoms with E-state index in [1.54, 1.807) is 81.6 Å². The zero-order valence-electron chi connectivity index (χ0n) is 69.9. The van der Waals surface area contributed by atoms with E-state index in [0.717, 1.165) is 22.2 Å². The number of allylic oxidation sites excluding steroid dienone is 2. The number of benzene rings is 2. The second-order valence-corrected chi connectivity index (χ2v) is 36.2. The van der Waals surface area contributed by atoms with Gasteiger partial charge in [-0.3, -0.25) is 52.7 Å². The van der Waals surface area contributed by atoms with Gasteiger partial charge in [0.1, 0.15) is 66.5 Å². The minimum Gasteiger partial charge on any atom is -0.480 e. The van der Waals surface area contributed by atoms with E-state index in [2.05, 4.69) is 40.4 Å². The second-order valence-electron chi connectivity index (χ2n) is 32.3. The number of carbonyl (C=O) groups excluding carboxylic acids is 11. The fourth-order valence-electron chi connectivity index (χ4n) is 14.2. The van der Waals surface area contributed by atoms with Crippen LogP contribution in [0.25, 0.3) is 0 Å². The van der Waals surface area contributed by atoms with Crippen molar-refractivity contribution in [3.8, 4) is 0 Å². The highest BCUT2D eigenvalue weighted by Crippen LogP contribution is 2.41. The molecule has 0 saturated carbocycles. The molecular formula is C81H135N11O15Si. The molecule has 0 saturated heterocycles. The molecule has 27 heteroatoms. The lowest BCUT2D eigenvalue weighted by atomic mass is 9.90. The predicted molar refractivity (Wildman–Crippen MR) is 424 cm³/mol. The van der Waals surface area contributed by atoms with Gasteiger partial charge in [-0.15, -0.1) is 0 Å².